The first-order valence-electron chi connectivity index (χ1n) is 9.74. The lowest BCUT2D eigenvalue weighted by Gasteiger charge is -2.35. The van der Waals surface area contributed by atoms with Gasteiger partial charge in [-0.3, -0.25) is 9.78 Å². The van der Waals surface area contributed by atoms with Gasteiger partial charge in [0.25, 0.3) is 5.91 Å². The number of carbonyl (C=O) groups excluding carboxylic acids is 1. The van der Waals surface area contributed by atoms with Crippen molar-refractivity contribution < 1.29 is 9.53 Å². The highest BCUT2D eigenvalue weighted by molar-refractivity contribution is 5.92. The number of benzene rings is 1. The lowest BCUT2D eigenvalue weighted by Crippen LogP contribution is -2.43. The van der Waals surface area contributed by atoms with E-state index in [1.165, 1.54) is 12.0 Å². The van der Waals surface area contributed by atoms with Crippen molar-refractivity contribution in [2.75, 3.05) is 19.6 Å². The Balaban J connectivity index is 1.56. The van der Waals surface area contributed by atoms with Gasteiger partial charge in [0.15, 0.2) is 0 Å². The molecule has 0 bridgehead atoms. The van der Waals surface area contributed by atoms with Crippen molar-refractivity contribution in [2.45, 2.75) is 39.7 Å². The van der Waals surface area contributed by atoms with Crippen LogP contribution >= 0.6 is 0 Å². The first-order chi connectivity index (χ1) is 13.0. The predicted octanol–water partition coefficient (Wildman–Crippen LogP) is 4.03. The zero-order chi connectivity index (χ0) is 19.2. The topological polar surface area (TPSA) is 54.5 Å². The van der Waals surface area contributed by atoms with Crippen LogP contribution in [0.25, 0.3) is 0 Å². The van der Waals surface area contributed by atoms with Crippen molar-refractivity contribution in [3.8, 4) is 11.5 Å². The maximum absolute atomic E-state index is 12.5. The van der Waals surface area contributed by atoms with Crippen LogP contribution in [0.1, 0.15) is 42.7 Å². The molecule has 3 rings (SSSR count). The molecule has 2 heterocycles. The molecular formula is C22H29N3O2. The summed E-state index contributed by atoms with van der Waals surface area (Å²) in [6, 6.07) is 11.8. The number of nitrogens with one attached hydrogen (secondary N) is 1. The zero-order valence-electron chi connectivity index (χ0n) is 16.4. The van der Waals surface area contributed by atoms with Crippen molar-refractivity contribution in [3.63, 3.8) is 0 Å². The van der Waals surface area contributed by atoms with E-state index in [9.17, 15) is 4.79 Å². The van der Waals surface area contributed by atoms with Crippen molar-refractivity contribution in [1.29, 1.82) is 0 Å². The summed E-state index contributed by atoms with van der Waals surface area (Å²) in [5.41, 5.74) is 1.56. The quantitative estimate of drug-likeness (QED) is 0.837. The average molecular weight is 367 g/mol. The molecule has 2 aromatic rings. The van der Waals surface area contributed by atoms with Gasteiger partial charge in [-0.15, -0.1) is 0 Å². The van der Waals surface area contributed by atoms with Crippen molar-refractivity contribution in [2.24, 2.45) is 5.92 Å². The number of nitrogens with zero attached hydrogens (tertiary/aromatic N) is 2. The van der Waals surface area contributed by atoms with E-state index in [2.05, 4.69) is 29.0 Å². The van der Waals surface area contributed by atoms with Crippen LogP contribution in [0.3, 0.4) is 0 Å². The summed E-state index contributed by atoms with van der Waals surface area (Å²) in [4.78, 5) is 19.2. The predicted molar refractivity (Wildman–Crippen MR) is 107 cm³/mol. The molecule has 1 amide bonds. The second-order valence-electron chi connectivity index (χ2n) is 7.60. The van der Waals surface area contributed by atoms with Gasteiger partial charge >= 0.3 is 0 Å². The molecule has 1 aliphatic heterocycles. The van der Waals surface area contributed by atoms with E-state index in [0.29, 0.717) is 29.9 Å². The summed E-state index contributed by atoms with van der Waals surface area (Å²) >= 11 is 0. The Morgan fingerprint density at radius 2 is 2.04 bits per heavy atom. The Labute approximate surface area is 161 Å². The normalized spacial score (nSPS) is 17.7. The molecule has 1 unspecified atom stereocenters. The van der Waals surface area contributed by atoms with E-state index in [1.54, 1.807) is 18.3 Å². The molecule has 5 nitrogen and oxygen atoms in total. The average Bonchev–Trinajstić information content (AvgIpc) is 2.68. The molecule has 1 fully saturated rings. The number of carbonyl (C=O) groups is 1. The van der Waals surface area contributed by atoms with Crippen LogP contribution in [-0.2, 0) is 0 Å². The van der Waals surface area contributed by atoms with Gasteiger partial charge in [0.05, 0.1) is 0 Å². The summed E-state index contributed by atoms with van der Waals surface area (Å²) in [7, 11) is 0. The summed E-state index contributed by atoms with van der Waals surface area (Å²) in [5.74, 6) is 1.71. The van der Waals surface area contributed by atoms with Gasteiger partial charge in [-0.25, -0.2) is 0 Å². The summed E-state index contributed by atoms with van der Waals surface area (Å²) in [6.45, 7) is 9.37. The molecule has 27 heavy (non-hydrogen) atoms. The lowest BCUT2D eigenvalue weighted by molar-refractivity contribution is 0.0917. The molecule has 0 radical (unpaired) electrons. The standard InChI is InChI=1S/C22H29N3O2/c1-16(2)25-12-4-5-18(15-25)14-24-22(26)21-13-20(10-11-23-21)27-19-8-6-17(3)7-9-19/h6-11,13,16,18H,4-5,12,14-15H2,1-3H3,(H,24,26). The van der Waals surface area contributed by atoms with Gasteiger partial charge < -0.3 is 15.0 Å². The second-order valence-corrected chi connectivity index (χ2v) is 7.60. The minimum atomic E-state index is -0.147. The Bertz CT molecular complexity index is 758. The van der Waals surface area contributed by atoms with E-state index in [-0.39, 0.29) is 5.91 Å². The molecule has 144 valence electrons. The van der Waals surface area contributed by atoms with Gasteiger partial charge in [0.1, 0.15) is 17.2 Å². The van der Waals surface area contributed by atoms with Crippen molar-refractivity contribution >= 4 is 5.91 Å². The molecular weight excluding hydrogens is 338 g/mol. The molecule has 0 saturated carbocycles. The number of aromatic nitrogens is 1. The first kappa shape index (κ1) is 19.4. The lowest BCUT2D eigenvalue weighted by atomic mass is 9.97. The number of piperidine rings is 1. The number of amides is 1. The fraction of sp³-hybridized carbons (Fsp3) is 0.455. The fourth-order valence-electron chi connectivity index (χ4n) is 3.40. The Morgan fingerprint density at radius 3 is 2.78 bits per heavy atom. The number of ether oxygens (including phenoxy) is 1. The number of aryl methyl sites for hydroxylation is 1. The van der Waals surface area contributed by atoms with Gasteiger partial charge in [-0.1, -0.05) is 17.7 Å². The van der Waals surface area contributed by atoms with Crippen LogP contribution in [0.2, 0.25) is 0 Å². The van der Waals surface area contributed by atoms with Crippen LogP contribution in [0.5, 0.6) is 11.5 Å². The van der Waals surface area contributed by atoms with E-state index < -0.39 is 0 Å². The molecule has 5 heteroatoms. The zero-order valence-corrected chi connectivity index (χ0v) is 16.4. The highest BCUT2D eigenvalue weighted by Crippen LogP contribution is 2.22. The minimum absolute atomic E-state index is 0.147. The van der Waals surface area contributed by atoms with Crippen LogP contribution in [-0.4, -0.2) is 41.5 Å². The third-order valence-electron chi connectivity index (χ3n) is 5.05. The van der Waals surface area contributed by atoms with Gasteiger partial charge in [-0.2, -0.15) is 0 Å². The van der Waals surface area contributed by atoms with Crippen LogP contribution in [0.15, 0.2) is 42.6 Å². The molecule has 1 atom stereocenters. The largest absolute Gasteiger partial charge is 0.457 e. The van der Waals surface area contributed by atoms with Crippen LogP contribution in [0, 0.1) is 12.8 Å². The van der Waals surface area contributed by atoms with E-state index in [4.69, 9.17) is 4.74 Å². The number of pyridine rings is 1. The van der Waals surface area contributed by atoms with E-state index >= 15 is 0 Å². The highest BCUT2D eigenvalue weighted by Gasteiger charge is 2.22. The Morgan fingerprint density at radius 1 is 1.26 bits per heavy atom. The highest BCUT2D eigenvalue weighted by atomic mass is 16.5. The monoisotopic (exact) mass is 367 g/mol. The Kier molecular flexibility index (Phi) is 6.45. The molecule has 0 aliphatic carbocycles. The number of rotatable bonds is 6. The third kappa shape index (κ3) is 5.54. The Hall–Kier alpha value is -2.40. The molecule has 1 aliphatic rings. The van der Waals surface area contributed by atoms with Gasteiger partial charge in [-0.05, 0) is 64.3 Å². The molecule has 1 aromatic heterocycles. The van der Waals surface area contributed by atoms with Crippen molar-refractivity contribution in [1.82, 2.24) is 15.2 Å². The summed E-state index contributed by atoms with van der Waals surface area (Å²) in [6.07, 6.45) is 3.96. The molecule has 1 saturated heterocycles. The van der Waals surface area contributed by atoms with E-state index in [1.807, 2.05) is 31.2 Å². The third-order valence-corrected chi connectivity index (χ3v) is 5.05. The summed E-state index contributed by atoms with van der Waals surface area (Å²) < 4.78 is 5.83. The van der Waals surface area contributed by atoms with Crippen LogP contribution in [0.4, 0.5) is 0 Å². The first-order valence-corrected chi connectivity index (χ1v) is 9.74. The SMILES string of the molecule is Cc1ccc(Oc2ccnc(C(=O)NCC3CCCN(C(C)C)C3)c2)cc1. The van der Waals surface area contributed by atoms with Gasteiger partial charge in [0, 0.05) is 31.4 Å². The van der Waals surface area contributed by atoms with Crippen molar-refractivity contribution in [3.05, 3.63) is 53.9 Å². The number of likely N-dealkylation sites (tertiary alicyclic amines) is 1. The smallest absolute Gasteiger partial charge is 0.270 e. The van der Waals surface area contributed by atoms with Crippen LogP contribution < -0.4 is 10.1 Å². The second kappa shape index (κ2) is 9.00. The maximum Gasteiger partial charge on any atom is 0.270 e. The maximum atomic E-state index is 12.5. The number of hydrogen-bond acceptors (Lipinski definition) is 4. The van der Waals surface area contributed by atoms with E-state index in [0.717, 1.165) is 25.3 Å². The molecule has 1 aromatic carbocycles. The summed E-state index contributed by atoms with van der Waals surface area (Å²) in [5, 5.41) is 3.04. The minimum Gasteiger partial charge on any atom is -0.457 e. The fourth-order valence-corrected chi connectivity index (χ4v) is 3.40. The molecule has 0 spiro atoms. The number of hydrogen-bond donors (Lipinski definition) is 1. The molecule has 1 N–H and O–H groups in total. The van der Waals surface area contributed by atoms with Gasteiger partial charge in [0.2, 0.25) is 0 Å².